The Morgan fingerprint density at radius 3 is 2.94 bits per heavy atom. The number of ketones is 1. The molecule has 2 rings (SSSR count). The molecule has 17 heavy (non-hydrogen) atoms. The van der Waals surface area contributed by atoms with Crippen LogP contribution in [0.15, 0.2) is 22.6 Å². The molecule has 0 spiro atoms. The standard InChI is InChI=1S/C13H16N2O2/c1-3-9(7-14)13(16)10-4-5-12-11(6-10)15-8(2)17-12/h4-6,9H,3,7,14H2,1-2H3. The molecule has 0 amide bonds. The van der Waals surface area contributed by atoms with Gasteiger partial charge in [0.05, 0.1) is 0 Å². The van der Waals surface area contributed by atoms with Gasteiger partial charge in [-0.3, -0.25) is 4.79 Å². The van der Waals surface area contributed by atoms with Crippen LogP contribution in [0, 0.1) is 12.8 Å². The predicted octanol–water partition coefficient (Wildman–Crippen LogP) is 2.30. The first-order valence-corrected chi connectivity index (χ1v) is 5.77. The number of carbonyl (C=O) groups excluding carboxylic acids is 1. The van der Waals surface area contributed by atoms with Crippen LogP contribution >= 0.6 is 0 Å². The van der Waals surface area contributed by atoms with Gasteiger partial charge in [-0.05, 0) is 24.6 Å². The van der Waals surface area contributed by atoms with E-state index in [4.69, 9.17) is 10.2 Å². The molecule has 4 heteroatoms. The maximum absolute atomic E-state index is 12.1. The van der Waals surface area contributed by atoms with Crippen molar-refractivity contribution in [2.45, 2.75) is 20.3 Å². The van der Waals surface area contributed by atoms with E-state index in [2.05, 4.69) is 4.98 Å². The summed E-state index contributed by atoms with van der Waals surface area (Å²) in [6, 6.07) is 5.33. The van der Waals surface area contributed by atoms with Gasteiger partial charge in [-0.1, -0.05) is 6.92 Å². The van der Waals surface area contributed by atoms with Crippen LogP contribution in [0.1, 0.15) is 29.6 Å². The number of nitrogens with zero attached hydrogens (tertiary/aromatic N) is 1. The van der Waals surface area contributed by atoms with Gasteiger partial charge in [0.15, 0.2) is 17.3 Å². The number of hydrogen-bond donors (Lipinski definition) is 1. The summed E-state index contributed by atoms with van der Waals surface area (Å²) in [5, 5.41) is 0. The number of carbonyl (C=O) groups is 1. The maximum Gasteiger partial charge on any atom is 0.192 e. The fraction of sp³-hybridized carbons (Fsp3) is 0.385. The van der Waals surface area contributed by atoms with Gasteiger partial charge < -0.3 is 10.2 Å². The van der Waals surface area contributed by atoms with Crippen LogP contribution in [0.2, 0.25) is 0 Å². The molecule has 0 bridgehead atoms. The highest BCUT2D eigenvalue weighted by atomic mass is 16.3. The Morgan fingerprint density at radius 1 is 1.53 bits per heavy atom. The fourth-order valence-electron chi connectivity index (χ4n) is 1.89. The molecule has 0 aliphatic rings. The van der Waals surface area contributed by atoms with Crippen molar-refractivity contribution in [3.05, 3.63) is 29.7 Å². The van der Waals surface area contributed by atoms with E-state index in [9.17, 15) is 4.79 Å². The molecule has 4 nitrogen and oxygen atoms in total. The zero-order chi connectivity index (χ0) is 12.4. The summed E-state index contributed by atoms with van der Waals surface area (Å²) in [7, 11) is 0. The van der Waals surface area contributed by atoms with Crippen LogP contribution in [0.3, 0.4) is 0 Å². The molecule has 0 aliphatic heterocycles. The smallest absolute Gasteiger partial charge is 0.192 e. The summed E-state index contributed by atoms with van der Waals surface area (Å²) in [4.78, 5) is 16.3. The number of aromatic nitrogens is 1. The highest BCUT2D eigenvalue weighted by Gasteiger charge is 2.17. The Balaban J connectivity index is 2.38. The third-order valence-electron chi connectivity index (χ3n) is 2.93. The summed E-state index contributed by atoms with van der Waals surface area (Å²) < 4.78 is 5.37. The number of hydrogen-bond acceptors (Lipinski definition) is 4. The Hall–Kier alpha value is -1.68. The minimum atomic E-state index is -0.111. The number of aryl methyl sites for hydroxylation is 1. The molecule has 1 unspecified atom stereocenters. The van der Waals surface area contributed by atoms with E-state index >= 15 is 0 Å². The van der Waals surface area contributed by atoms with Crippen LogP contribution in [0.4, 0.5) is 0 Å². The molecule has 0 saturated heterocycles. The molecule has 2 N–H and O–H groups in total. The zero-order valence-corrected chi connectivity index (χ0v) is 10.1. The van der Waals surface area contributed by atoms with Crippen LogP contribution in [0.5, 0.6) is 0 Å². The van der Waals surface area contributed by atoms with Crippen molar-refractivity contribution >= 4 is 16.9 Å². The lowest BCUT2D eigenvalue weighted by Crippen LogP contribution is -2.22. The second-order valence-corrected chi connectivity index (χ2v) is 4.12. The molecule has 1 heterocycles. The summed E-state index contributed by atoms with van der Waals surface area (Å²) in [5.41, 5.74) is 7.67. The number of oxazole rings is 1. The van der Waals surface area contributed by atoms with Crippen LogP contribution < -0.4 is 5.73 Å². The minimum Gasteiger partial charge on any atom is -0.441 e. The molecule has 90 valence electrons. The highest BCUT2D eigenvalue weighted by Crippen LogP contribution is 2.19. The van der Waals surface area contributed by atoms with Crippen molar-refractivity contribution in [2.75, 3.05) is 6.54 Å². The lowest BCUT2D eigenvalue weighted by atomic mass is 9.95. The second-order valence-electron chi connectivity index (χ2n) is 4.12. The van der Waals surface area contributed by atoms with Gasteiger partial charge in [0, 0.05) is 24.9 Å². The van der Waals surface area contributed by atoms with Gasteiger partial charge >= 0.3 is 0 Å². The van der Waals surface area contributed by atoms with Crippen LogP contribution in [-0.4, -0.2) is 17.3 Å². The summed E-state index contributed by atoms with van der Waals surface area (Å²) in [5.74, 6) is 0.577. The molecule has 0 saturated carbocycles. The van der Waals surface area contributed by atoms with Crippen molar-refractivity contribution < 1.29 is 9.21 Å². The highest BCUT2D eigenvalue weighted by molar-refractivity contribution is 6.00. The predicted molar refractivity (Wildman–Crippen MR) is 65.9 cm³/mol. The van der Waals surface area contributed by atoms with E-state index in [1.165, 1.54) is 0 Å². The van der Waals surface area contributed by atoms with E-state index in [1.807, 2.05) is 6.92 Å². The molecular weight excluding hydrogens is 216 g/mol. The van der Waals surface area contributed by atoms with E-state index in [0.29, 0.717) is 23.6 Å². The van der Waals surface area contributed by atoms with Crippen LogP contribution in [0.25, 0.3) is 11.1 Å². The van der Waals surface area contributed by atoms with Crippen molar-refractivity contribution in [3.63, 3.8) is 0 Å². The number of fused-ring (bicyclic) bond motifs is 1. The maximum atomic E-state index is 12.1. The third kappa shape index (κ3) is 2.22. The Kier molecular flexibility index (Phi) is 3.24. The number of Topliss-reactive ketones (excluding diaryl/α,β-unsaturated/α-hetero) is 1. The summed E-state index contributed by atoms with van der Waals surface area (Å²) in [6.07, 6.45) is 0.755. The third-order valence-corrected chi connectivity index (χ3v) is 2.93. The van der Waals surface area contributed by atoms with Crippen molar-refractivity contribution in [2.24, 2.45) is 11.7 Å². The first-order chi connectivity index (χ1) is 8.15. The average Bonchev–Trinajstić information content (AvgIpc) is 2.69. The molecule has 0 radical (unpaired) electrons. The lowest BCUT2D eigenvalue weighted by Gasteiger charge is -2.10. The van der Waals surface area contributed by atoms with E-state index in [0.717, 1.165) is 11.9 Å². The Labute approximate surface area is 99.8 Å². The lowest BCUT2D eigenvalue weighted by molar-refractivity contribution is 0.0921. The Bertz CT molecular complexity index is 541. The SMILES string of the molecule is CCC(CN)C(=O)c1ccc2oc(C)nc2c1. The minimum absolute atomic E-state index is 0.0811. The van der Waals surface area contributed by atoms with Gasteiger partial charge in [-0.25, -0.2) is 4.98 Å². The molecule has 1 aromatic carbocycles. The van der Waals surface area contributed by atoms with Crippen molar-refractivity contribution in [1.29, 1.82) is 0 Å². The quantitative estimate of drug-likeness (QED) is 0.821. The zero-order valence-electron chi connectivity index (χ0n) is 10.1. The largest absolute Gasteiger partial charge is 0.441 e. The summed E-state index contributed by atoms with van der Waals surface area (Å²) in [6.45, 7) is 4.13. The molecule has 1 aromatic heterocycles. The monoisotopic (exact) mass is 232 g/mol. The number of rotatable bonds is 4. The fourth-order valence-corrected chi connectivity index (χ4v) is 1.89. The number of nitrogens with two attached hydrogens (primary N) is 1. The van der Waals surface area contributed by atoms with Gasteiger partial charge in [-0.2, -0.15) is 0 Å². The molecule has 2 aromatic rings. The average molecular weight is 232 g/mol. The van der Waals surface area contributed by atoms with Gasteiger partial charge in [-0.15, -0.1) is 0 Å². The van der Waals surface area contributed by atoms with Crippen LogP contribution in [-0.2, 0) is 0 Å². The van der Waals surface area contributed by atoms with Gasteiger partial charge in [0.25, 0.3) is 0 Å². The van der Waals surface area contributed by atoms with Crippen molar-refractivity contribution in [1.82, 2.24) is 4.98 Å². The second kappa shape index (κ2) is 4.67. The molecule has 0 aliphatic carbocycles. The van der Waals surface area contributed by atoms with Gasteiger partial charge in [0.1, 0.15) is 5.52 Å². The Morgan fingerprint density at radius 2 is 2.29 bits per heavy atom. The van der Waals surface area contributed by atoms with E-state index in [-0.39, 0.29) is 11.7 Å². The van der Waals surface area contributed by atoms with Gasteiger partial charge in [0.2, 0.25) is 0 Å². The molecule has 1 atom stereocenters. The summed E-state index contributed by atoms with van der Waals surface area (Å²) >= 11 is 0. The normalized spacial score (nSPS) is 12.9. The first kappa shape index (κ1) is 11.8. The number of benzene rings is 1. The van der Waals surface area contributed by atoms with E-state index in [1.54, 1.807) is 25.1 Å². The first-order valence-electron chi connectivity index (χ1n) is 5.77. The molecule has 0 fully saturated rings. The van der Waals surface area contributed by atoms with E-state index < -0.39 is 0 Å². The van der Waals surface area contributed by atoms with Crippen molar-refractivity contribution in [3.8, 4) is 0 Å². The topological polar surface area (TPSA) is 69.1 Å². The molecular formula is C13H16N2O2.